The van der Waals surface area contributed by atoms with Crippen molar-refractivity contribution in [1.29, 1.82) is 0 Å². The van der Waals surface area contributed by atoms with Crippen LogP contribution in [0.25, 0.3) is 10.9 Å². The Morgan fingerprint density at radius 2 is 1.95 bits per heavy atom. The summed E-state index contributed by atoms with van der Waals surface area (Å²) in [6, 6.07) is 15.0. The lowest BCUT2D eigenvalue weighted by Crippen LogP contribution is -2.48. The number of carbonyl (C=O) groups excluding carboxylic acids is 2. The van der Waals surface area contributed by atoms with Crippen molar-refractivity contribution in [2.45, 2.75) is 38.8 Å². The van der Waals surface area contributed by atoms with E-state index < -0.39 is 5.97 Å². The van der Waals surface area contributed by atoms with Crippen LogP contribution in [0.1, 0.15) is 37.0 Å². The molecule has 0 N–H and O–H groups in total. The number of fused-ring (bicyclic) bond motifs is 4. The van der Waals surface area contributed by atoms with Crippen LogP contribution in [0.2, 0.25) is 0 Å². The first-order valence-corrected chi connectivity index (χ1v) is 12.9. The average Bonchev–Trinajstić information content (AvgIpc) is 3.37. The van der Waals surface area contributed by atoms with Gasteiger partial charge in [-0.15, -0.1) is 0 Å². The molecular formula is C29H28N4O5. The van der Waals surface area contributed by atoms with Crippen molar-refractivity contribution in [2.24, 2.45) is 0 Å². The van der Waals surface area contributed by atoms with Gasteiger partial charge >= 0.3 is 5.97 Å². The molecule has 0 bridgehead atoms. The molecule has 0 saturated carbocycles. The van der Waals surface area contributed by atoms with Crippen molar-refractivity contribution in [3.05, 3.63) is 77.6 Å². The average molecular weight is 513 g/mol. The van der Waals surface area contributed by atoms with E-state index in [0.717, 1.165) is 17.5 Å². The van der Waals surface area contributed by atoms with Crippen LogP contribution in [0.4, 0.5) is 11.6 Å². The van der Waals surface area contributed by atoms with Gasteiger partial charge in [0, 0.05) is 12.5 Å². The number of hydrogen-bond donors (Lipinski definition) is 0. The van der Waals surface area contributed by atoms with Gasteiger partial charge in [0.15, 0.2) is 0 Å². The van der Waals surface area contributed by atoms with Crippen LogP contribution >= 0.6 is 0 Å². The summed E-state index contributed by atoms with van der Waals surface area (Å²) in [5.41, 5.74) is 2.33. The monoisotopic (exact) mass is 512 g/mol. The van der Waals surface area contributed by atoms with Crippen LogP contribution in [-0.2, 0) is 14.3 Å². The molecule has 1 fully saturated rings. The van der Waals surface area contributed by atoms with Crippen molar-refractivity contribution >= 4 is 34.4 Å². The van der Waals surface area contributed by atoms with E-state index in [1.807, 2.05) is 48.5 Å². The summed E-state index contributed by atoms with van der Waals surface area (Å²) in [6.45, 7) is 5.19. The van der Waals surface area contributed by atoms with E-state index in [2.05, 4.69) is 11.8 Å². The Morgan fingerprint density at radius 1 is 1.13 bits per heavy atom. The Kier molecular flexibility index (Phi) is 6.29. The molecule has 0 aliphatic carbocycles. The summed E-state index contributed by atoms with van der Waals surface area (Å²) < 4.78 is 17.1. The number of ether oxygens (including phenoxy) is 3. The summed E-state index contributed by atoms with van der Waals surface area (Å²) in [5, 5.41) is 0.750. The number of rotatable bonds is 5. The van der Waals surface area contributed by atoms with E-state index in [4.69, 9.17) is 24.2 Å². The second kappa shape index (κ2) is 9.90. The number of nitrogens with zero attached hydrogens (tertiary/aromatic N) is 4. The fourth-order valence-corrected chi connectivity index (χ4v) is 5.06. The maximum absolute atomic E-state index is 14.1. The number of carbonyl (C=O) groups is 2. The number of amides is 1. The predicted octanol–water partition coefficient (Wildman–Crippen LogP) is 4.39. The number of esters is 1. The van der Waals surface area contributed by atoms with Crippen LogP contribution in [-0.4, -0.2) is 53.8 Å². The maximum Gasteiger partial charge on any atom is 0.337 e. The van der Waals surface area contributed by atoms with E-state index in [0.29, 0.717) is 48.0 Å². The molecule has 38 heavy (non-hydrogen) atoms. The van der Waals surface area contributed by atoms with E-state index in [1.165, 1.54) is 4.90 Å². The summed E-state index contributed by atoms with van der Waals surface area (Å²) in [6.07, 6.45) is 4.76. The van der Waals surface area contributed by atoms with Crippen LogP contribution in [0, 0.1) is 0 Å². The molecule has 1 aromatic heterocycles. The lowest BCUT2D eigenvalue weighted by molar-refractivity contribution is -0.138. The molecule has 4 heterocycles. The molecule has 1 amide bonds. The maximum atomic E-state index is 14.1. The fraction of sp³-hybridized carbons (Fsp3) is 0.310. The Hall–Kier alpha value is -4.24. The molecule has 2 aromatic carbocycles. The summed E-state index contributed by atoms with van der Waals surface area (Å²) >= 11 is 0. The van der Waals surface area contributed by atoms with Gasteiger partial charge in [-0.25, -0.2) is 14.7 Å². The van der Waals surface area contributed by atoms with Gasteiger partial charge in [-0.05, 0) is 50.6 Å². The standard InChI is InChI=1S/C29H28N4O5/c1-3-37-28(35)19-13-12-18(2)32-24-11-7-5-9-22(24)27(34)33(25(32)16-19)29-30-23-10-6-4-8-21(23)26(31-29)38-20-14-15-36-17-20/h4-11,13,16,18,20H,3,12,14-15,17H2,1-2H3. The molecule has 2 unspecified atom stereocenters. The van der Waals surface area contributed by atoms with Gasteiger partial charge in [0.2, 0.25) is 11.8 Å². The van der Waals surface area contributed by atoms with E-state index in [1.54, 1.807) is 19.1 Å². The zero-order chi connectivity index (χ0) is 26.2. The van der Waals surface area contributed by atoms with Crippen LogP contribution in [0.3, 0.4) is 0 Å². The van der Waals surface area contributed by atoms with Crippen molar-refractivity contribution in [1.82, 2.24) is 9.97 Å². The molecule has 6 rings (SSSR count). The van der Waals surface area contributed by atoms with Gasteiger partial charge in [0.05, 0.1) is 47.5 Å². The highest BCUT2D eigenvalue weighted by atomic mass is 16.6. The summed E-state index contributed by atoms with van der Waals surface area (Å²) in [4.78, 5) is 40.0. The van der Waals surface area contributed by atoms with Crippen LogP contribution < -0.4 is 14.5 Å². The first-order valence-electron chi connectivity index (χ1n) is 12.9. The zero-order valence-electron chi connectivity index (χ0n) is 21.3. The normalized spacial score (nSPS) is 20.8. The Bertz CT molecular complexity index is 1480. The number of hydrogen-bond acceptors (Lipinski definition) is 8. The third kappa shape index (κ3) is 4.18. The van der Waals surface area contributed by atoms with Crippen molar-refractivity contribution in [3.8, 4) is 5.88 Å². The van der Waals surface area contributed by atoms with E-state index in [-0.39, 0.29) is 30.6 Å². The molecule has 194 valence electrons. The molecule has 0 radical (unpaired) electrons. The second-order valence-corrected chi connectivity index (χ2v) is 9.44. The topological polar surface area (TPSA) is 94.1 Å². The van der Waals surface area contributed by atoms with Crippen molar-refractivity contribution < 1.29 is 23.8 Å². The number of para-hydroxylation sites is 2. The molecule has 2 atom stereocenters. The van der Waals surface area contributed by atoms with Gasteiger partial charge in [0.1, 0.15) is 11.9 Å². The third-order valence-electron chi connectivity index (χ3n) is 6.91. The van der Waals surface area contributed by atoms with Crippen molar-refractivity contribution in [3.63, 3.8) is 0 Å². The van der Waals surface area contributed by atoms with E-state index in [9.17, 15) is 9.59 Å². The highest BCUT2D eigenvalue weighted by Crippen LogP contribution is 2.40. The number of aromatic nitrogens is 2. The minimum atomic E-state index is -0.440. The molecule has 9 nitrogen and oxygen atoms in total. The summed E-state index contributed by atoms with van der Waals surface area (Å²) in [7, 11) is 0. The first kappa shape index (κ1) is 24.1. The number of benzene rings is 2. The molecule has 9 heteroatoms. The molecule has 0 spiro atoms. The summed E-state index contributed by atoms with van der Waals surface area (Å²) in [5.74, 6) is 0.327. The lowest BCUT2D eigenvalue weighted by Gasteiger charge is -2.41. The van der Waals surface area contributed by atoms with Crippen molar-refractivity contribution in [2.75, 3.05) is 29.6 Å². The smallest absolute Gasteiger partial charge is 0.337 e. The number of anilines is 2. The molecule has 1 saturated heterocycles. The highest BCUT2D eigenvalue weighted by Gasteiger charge is 2.40. The van der Waals surface area contributed by atoms with E-state index >= 15 is 0 Å². The highest BCUT2D eigenvalue weighted by molar-refractivity contribution is 6.14. The van der Waals surface area contributed by atoms with Crippen LogP contribution in [0.5, 0.6) is 5.88 Å². The fourth-order valence-electron chi connectivity index (χ4n) is 5.06. The first-order chi connectivity index (χ1) is 18.5. The van der Waals surface area contributed by atoms with Gasteiger partial charge in [0.25, 0.3) is 5.91 Å². The van der Waals surface area contributed by atoms with Gasteiger partial charge in [-0.3, -0.25) is 4.79 Å². The molecule has 3 aromatic rings. The molecule has 3 aliphatic heterocycles. The third-order valence-corrected chi connectivity index (χ3v) is 6.91. The Labute approximate surface area is 220 Å². The Balaban J connectivity index is 1.54. The quantitative estimate of drug-likeness (QED) is 0.465. The minimum absolute atomic E-state index is 0.0586. The van der Waals surface area contributed by atoms with Gasteiger partial charge < -0.3 is 19.1 Å². The lowest BCUT2D eigenvalue weighted by atomic mass is 10.0. The zero-order valence-corrected chi connectivity index (χ0v) is 21.3. The Morgan fingerprint density at radius 3 is 2.76 bits per heavy atom. The molecule has 3 aliphatic rings. The minimum Gasteiger partial charge on any atom is -0.471 e. The van der Waals surface area contributed by atoms with Gasteiger partial charge in [-0.1, -0.05) is 30.3 Å². The molecular weight excluding hydrogens is 484 g/mol. The second-order valence-electron chi connectivity index (χ2n) is 9.44. The van der Waals surface area contributed by atoms with Gasteiger partial charge in [-0.2, -0.15) is 4.98 Å². The largest absolute Gasteiger partial charge is 0.471 e. The SMILES string of the molecule is CCOC(=O)C1=CCC(C)N2C(=C1)N(c1nc(OC3CCOC3)c3ccccc3n1)C(=O)c1ccccc12. The predicted molar refractivity (Wildman–Crippen MR) is 142 cm³/mol. The van der Waals surface area contributed by atoms with Crippen LogP contribution in [0.15, 0.2) is 72.1 Å².